The van der Waals surface area contributed by atoms with Crippen molar-refractivity contribution in [1.82, 2.24) is 9.13 Å². The van der Waals surface area contributed by atoms with Gasteiger partial charge in [-0.2, -0.15) is 0 Å². The van der Waals surface area contributed by atoms with Crippen molar-refractivity contribution < 1.29 is 9.47 Å². The van der Waals surface area contributed by atoms with Gasteiger partial charge in [0.05, 0.1) is 12.3 Å². The van der Waals surface area contributed by atoms with Crippen molar-refractivity contribution in [3.8, 4) is 11.5 Å². The van der Waals surface area contributed by atoms with E-state index in [9.17, 15) is 9.59 Å². The molecule has 0 saturated carbocycles. The fraction of sp³-hybridized carbons (Fsp3) is 0.333. The lowest BCUT2D eigenvalue weighted by molar-refractivity contribution is 0.262. The summed E-state index contributed by atoms with van der Waals surface area (Å²) >= 11 is 0. The molecule has 1 aromatic heterocycles. The van der Waals surface area contributed by atoms with E-state index < -0.39 is 0 Å². The van der Waals surface area contributed by atoms with Crippen molar-refractivity contribution in [3.63, 3.8) is 0 Å². The summed E-state index contributed by atoms with van der Waals surface area (Å²) in [6, 6.07) is 8.67. The zero-order chi connectivity index (χ0) is 15.4. The van der Waals surface area contributed by atoms with E-state index in [1.54, 1.807) is 13.1 Å². The van der Waals surface area contributed by atoms with Crippen LogP contribution < -0.4 is 20.7 Å². The summed E-state index contributed by atoms with van der Waals surface area (Å²) in [7, 11) is 3.05. The topological polar surface area (TPSA) is 62.5 Å². The van der Waals surface area contributed by atoms with E-state index in [1.807, 2.05) is 25.1 Å². The van der Waals surface area contributed by atoms with E-state index in [4.69, 9.17) is 9.47 Å². The Kier molecular flexibility index (Phi) is 4.47. The Labute approximate surface area is 122 Å². The third-order valence-electron chi connectivity index (χ3n) is 3.15. The summed E-state index contributed by atoms with van der Waals surface area (Å²) in [6.45, 7) is 2.54. The second-order valence-electron chi connectivity index (χ2n) is 4.54. The monoisotopic (exact) mass is 290 g/mol. The molecule has 0 aliphatic carbocycles. The number of nitrogens with zero attached hydrogens (tertiary/aromatic N) is 2. The van der Waals surface area contributed by atoms with Crippen molar-refractivity contribution in [3.05, 3.63) is 56.9 Å². The van der Waals surface area contributed by atoms with Gasteiger partial charge in [0.2, 0.25) is 0 Å². The van der Waals surface area contributed by atoms with Crippen molar-refractivity contribution >= 4 is 0 Å². The lowest BCUT2D eigenvalue weighted by Crippen LogP contribution is -2.38. The molecule has 0 atom stereocenters. The van der Waals surface area contributed by atoms with Gasteiger partial charge in [-0.05, 0) is 19.1 Å². The van der Waals surface area contributed by atoms with Crippen molar-refractivity contribution in [1.29, 1.82) is 0 Å². The van der Waals surface area contributed by atoms with Gasteiger partial charge >= 0.3 is 5.69 Å². The summed E-state index contributed by atoms with van der Waals surface area (Å²) in [6.07, 6.45) is 0. The van der Waals surface area contributed by atoms with Crippen LogP contribution >= 0.6 is 0 Å². The average Bonchev–Trinajstić information content (AvgIpc) is 2.49. The third-order valence-corrected chi connectivity index (χ3v) is 3.15. The zero-order valence-corrected chi connectivity index (χ0v) is 12.3. The summed E-state index contributed by atoms with van der Waals surface area (Å²) in [5.41, 5.74) is -0.219. The Morgan fingerprint density at radius 1 is 1.00 bits per heavy atom. The van der Waals surface area contributed by atoms with Crippen LogP contribution in [0, 0.1) is 0 Å². The second kappa shape index (κ2) is 6.30. The molecule has 1 heterocycles. The Balaban J connectivity index is 2.25. The van der Waals surface area contributed by atoms with Crippen LogP contribution in [-0.4, -0.2) is 15.7 Å². The van der Waals surface area contributed by atoms with Gasteiger partial charge in [0, 0.05) is 20.2 Å². The van der Waals surface area contributed by atoms with E-state index in [-0.39, 0.29) is 17.9 Å². The van der Waals surface area contributed by atoms with E-state index in [0.29, 0.717) is 23.8 Å². The molecule has 2 aromatic rings. The molecule has 0 amide bonds. The fourth-order valence-electron chi connectivity index (χ4n) is 1.91. The molecule has 6 heteroatoms. The van der Waals surface area contributed by atoms with Gasteiger partial charge in [-0.3, -0.25) is 13.9 Å². The highest BCUT2D eigenvalue weighted by atomic mass is 16.5. The van der Waals surface area contributed by atoms with Gasteiger partial charge in [0.1, 0.15) is 6.61 Å². The normalized spacial score (nSPS) is 10.4. The molecule has 0 bridgehead atoms. The number of para-hydroxylation sites is 2. The van der Waals surface area contributed by atoms with Crippen LogP contribution in [0.3, 0.4) is 0 Å². The molecule has 0 unspecified atom stereocenters. The smallest absolute Gasteiger partial charge is 0.330 e. The summed E-state index contributed by atoms with van der Waals surface area (Å²) in [4.78, 5) is 23.5. The molecule has 0 N–H and O–H groups in total. The second-order valence-corrected chi connectivity index (χ2v) is 4.54. The molecule has 0 aliphatic heterocycles. The number of hydrogen-bond acceptors (Lipinski definition) is 4. The maximum Gasteiger partial charge on any atom is 0.330 e. The molecule has 0 saturated heterocycles. The summed E-state index contributed by atoms with van der Waals surface area (Å²) in [5, 5.41) is 0. The molecule has 0 spiro atoms. The van der Waals surface area contributed by atoms with Crippen LogP contribution in [0.5, 0.6) is 11.5 Å². The predicted octanol–water partition coefficient (Wildman–Crippen LogP) is 1.06. The minimum Gasteiger partial charge on any atom is -0.490 e. The Hall–Kier alpha value is -2.50. The number of aromatic nitrogens is 2. The lowest BCUT2D eigenvalue weighted by Gasteiger charge is -2.13. The third kappa shape index (κ3) is 3.16. The van der Waals surface area contributed by atoms with Gasteiger partial charge in [-0.1, -0.05) is 12.1 Å². The molecule has 1 aromatic carbocycles. The van der Waals surface area contributed by atoms with Crippen LogP contribution in [0.25, 0.3) is 0 Å². The van der Waals surface area contributed by atoms with Crippen LogP contribution in [0.15, 0.2) is 39.9 Å². The van der Waals surface area contributed by atoms with Gasteiger partial charge in [0.25, 0.3) is 5.56 Å². The highest BCUT2D eigenvalue weighted by molar-refractivity contribution is 5.39. The molecule has 0 radical (unpaired) electrons. The standard InChI is InChI=1S/C15H18N2O4/c1-4-20-12-7-5-6-8-13(12)21-10-11-9-14(18)17(3)15(19)16(11)2/h5-9H,4,10H2,1-3H3. The van der Waals surface area contributed by atoms with Crippen LogP contribution in [0.2, 0.25) is 0 Å². The number of rotatable bonds is 5. The Morgan fingerprint density at radius 2 is 1.62 bits per heavy atom. The molecular weight excluding hydrogens is 272 g/mol. The number of ether oxygens (including phenoxy) is 2. The largest absolute Gasteiger partial charge is 0.490 e. The summed E-state index contributed by atoms with van der Waals surface area (Å²) < 4.78 is 13.6. The van der Waals surface area contributed by atoms with E-state index in [1.165, 1.54) is 17.7 Å². The molecular formula is C15H18N2O4. The molecule has 6 nitrogen and oxygen atoms in total. The van der Waals surface area contributed by atoms with Gasteiger partial charge in [0.15, 0.2) is 11.5 Å². The zero-order valence-electron chi connectivity index (χ0n) is 12.3. The first-order valence-corrected chi connectivity index (χ1v) is 6.65. The first-order chi connectivity index (χ1) is 10.0. The quantitative estimate of drug-likeness (QED) is 0.826. The maximum absolute atomic E-state index is 11.8. The van der Waals surface area contributed by atoms with E-state index in [0.717, 1.165) is 4.57 Å². The highest BCUT2D eigenvalue weighted by Gasteiger charge is 2.08. The summed E-state index contributed by atoms with van der Waals surface area (Å²) in [5.74, 6) is 1.21. The SMILES string of the molecule is CCOc1ccccc1OCc1cc(=O)n(C)c(=O)n1C. The molecule has 112 valence electrons. The Bertz CT molecular complexity index is 746. The molecule has 0 fully saturated rings. The average molecular weight is 290 g/mol. The van der Waals surface area contributed by atoms with Crippen LogP contribution in [0.1, 0.15) is 12.6 Å². The molecule has 0 aliphatic rings. The highest BCUT2D eigenvalue weighted by Crippen LogP contribution is 2.26. The van der Waals surface area contributed by atoms with Crippen molar-refractivity contribution in [2.24, 2.45) is 14.1 Å². The molecule has 21 heavy (non-hydrogen) atoms. The van der Waals surface area contributed by atoms with E-state index in [2.05, 4.69) is 0 Å². The number of hydrogen-bond donors (Lipinski definition) is 0. The maximum atomic E-state index is 11.8. The predicted molar refractivity (Wildman–Crippen MR) is 78.9 cm³/mol. The van der Waals surface area contributed by atoms with Crippen LogP contribution in [-0.2, 0) is 20.7 Å². The minimum absolute atomic E-state index is 0.117. The Morgan fingerprint density at radius 3 is 2.24 bits per heavy atom. The molecule has 2 rings (SSSR count). The first-order valence-electron chi connectivity index (χ1n) is 6.65. The number of benzene rings is 1. The fourth-order valence-corrected chi connectivity index (χ4v) is 1.91. The van der Waals surface area contributed by atoms with Gasteiger partial charge < -0.3 is 9.47 Å². The van der Waals surface area contributed by atoms with Crippen molar-refractivity contribution in [2.75, 3.05) is 6.61 Å². The van der Waals surface area contributed by atoms with Crippen LogP contribution in [0.4, 0.5) is 0 Å². The van der Waals surface area contributed by atoms with Gasteiger partial charge in [-0.25, -0.2) is 4.79 Å². The van der Waals surface area contributed by atoms with Crippen molar-refractivity contribution in [2.45, 2.75) is 13.5 Å². The first kappa shape index (κ1) is 14.9. The van der Waals surface area contributed by atoms with E-state index >= 15 is 0 Å². The lowest BCUT2D eigenvalue weighted by atomic mass is 10.3. The minimum atomic E-state index is -0.376. The van der Waals surface area contributed by atoms with Gasteiger partial charge in [-0.15, -0.1) is 0 Å².